The van der Waals surface area contributed by atoms with Crippen molar-refractivity contribution < 1.29 is 57.7 Å². The van der Waals surface area contributed by atoms with E-state index in [1.165, 1.54) is 18.2 Å². The van der Waals surface area contributed by atoms with Gasteiger partial charge in [0.05, 0.1) is 67.3 Å². The SMILES string of the molecule is CCCC(C)(Oc1ccc2c(c1)C(=O)N(c1cccc(N3C(=O)c4ccccc4C3=O)c1)C2=O)c1ccc(C(C)(C)c2ccc(Oc3ccc4c(c3)C(=O)N(c3cccc(N5C(=O)c6ccc(C(C)Oc7ccc(C(C)(C)c8ccc(O)cc8)cc7)cc6C5=O)c3)C4=O)cc2)cc1. The van der Waals surface area contributed by atoms with Gasteiger partial charge in [-0.2, -0.15) is 0 Å². The number of amides is 8. The van der Waals surface area contributed by atoms with Crippen molar-refractivity contribution in [2.45, 2.75) is 83.8 Å². The van der Waals surface area contributed by atoms with Crippen LogP contribution in [0.25, 0.3) is 0 Å². The predicted molar refractivity (Wildman–Crippen MR) is 367 cm³/mol. The van der Waals surface area contributed by atoms with E-state index in [0.717, 1.165) is 53.8 Å². The lowest BCUT2D eigenvalue weighted by molar-refractivity contribution is 0.0757. The summed E-state index contributed by atoms with van der Waals surface area (Å²) in [5, 5.41) is 9.80. The van der Waals surface area contributed by atoms with Crippen molar-refractivity contribution in [1.29, 1.82) is 0 Å². The van der Waals surface area contributed by atoms with Gasteiger partial charge in [0, 0.05) is 10.8 Å². The summed E-state index contributed by atoms with van der Waals surface area (Å²) in [7, 11) is 0. The van der Waals surface area contributed by atoms with E-state index in [2.05, 4.69) is 46.8 Å². The van der Waals surface area contributed by atoms with Gasteiger partial charge >= 0.3 is 0 Å². The van der Waals surface area contributed by atoms with Crippen LogP contribution in [0.4, 0.5) is 22.7 Å². The quantitative estimate of drug-likeness (QED) is 0.0799. The molecule has 14 rings (SSSR count). The fourth-order valence-electron chi connectivity index (χ4n) is 13.5. The van der Waals surface area contributed by atoms with E-state index in [1.807, 2.05) is 86.6 Å². The standard InChI is InChI=1S/C81H64N4O12/c1-8-41-81(7,97-62-37-40-67-70(46-62)78(94)85(75(67)91)56-15-11-13-54(43-56)82-71(87)63-17-9-10-18-64(63)72(82)88)53-22-20-49(21-23-53)79(3,4)52-28-34-60(35-29-52)96-61-36-39-66-69(45-61)77(93)84(74(66)90)57-16-12-14-55(44-57)83-73(89)65-38-19-48(42-68(65)76(83)92)47(2)95-59-32-26-51(27-33-59)80(5,6)50-24-30-58(86)31-25-50/h9-40,42-47,86H,8,41H2,1-7H3. The second-order valence-corrected chi connectivity index (χ2v) is 26.0. The van der Waals surface area contributed by atoms with Crippen LogP contribution in [0, 0.1) is 0 Å². The van der Waals surface area contributed by atoms with Crippen molar-refractivity contribution >= 4 is 70.0 Å². The van der Waals surface area contributed by atoms with Gasteiger partial charge in [0.25, 0.3) is 47.3 Å². The lowest BCUT2D eigenvalue weighted by atomic mass is 9.77. The molecular formula is C81H64N4O12. The molecule has 0 fully saturated rings. The minimum absolute atomic E-state index is 0.128. The average Bonchev–Trinajstić information content (AvgIpc) is 1.65. The molecule has 10 aromatic rings. The number of carbonyl (C=O) groups is 8. The number of benzene rings is 10. The van der Waals surface area contributed by atoms with Crippen LogP contribution in [0.5, 0.6) is 28.7 Å². The number of hydrogen-bond donors (Lipinski definition) is 1. The van der Waals surface area contributed by atoms with Crippen LogP contribution in [0.3, 0.4) is 0 Å². The Kier molecular flexibility index (Phi) is 15.3. The number of hydrogen-bond acceptors (Lipinski definition) is 12. The lowest BCUT2D eigenvalue weighted by Crippen LogP contribution is -2.31. The Morgan fingerprint density at radius 2 is 0.691 bits per heavy atom. The molecule has 0 aromatic heterocycles. The maximum absolute atomic E-state index is 14.2. The summed E-state index contributed by atoms with van der Waals surface area (Å²) in [4.78, 5) is 115. The van der Waals surface area contributed by atoms with Gasteiger partial charge in [0.15, 0.2) is 0 Å². The minimum Gasteiger partial charge on any atom is -0.508 e. The van der Waals surface area contributed by atoms with Crippen molar-refractivity contribution in [3.63, 3.8) is 0 Å². The Hall–Kier alpha value is -12.0. The molecule has 4 aliphatic rings. The van der Waals surface area contributed by atoms with Crippen LogP contribution in [-0.2, 0) is 16.4 Å². The lowest BCUT2D eigenvalue weighted by Gasteiger charge is -2.32. The van der Waals surface area contributed by atoms with E-state index in [1.54, 1.807) is 121 Å². The molecule has 0 spiro atoms. The number of carbonyl (C=O) groups excluding carboxylic acids is 8. The van der Waals surface area contributed by atoms with Gasteiger partial charge in [0.2, 0.25) is 0 Å². The first-order valence-corrected chi connectivity index (χ1v) is 31.9. The van der Waals surface area contributed by atoms with E-state index in [-0.39, 0.29) is 78.4 Å². The molecule has 4 aliphatic heterocycles. The molecule has 8 amide bonds. The molecule has 16 nitrogen and oxygen atoms in total. The number of anilines is 4. The number of phenols is 1. The molecule has 97 heavy (non-hydrogen) atoms. The Morgan fingerprint density at radius 3 is 1.13 bits per heavy atom. The monoisotopic (exact) mass is 1280 g/mol. The van der Waals surface area contributed by atoms with E-state index in [9.17, 15) is 43.5 Å². The molecule has 0 radical (unpaired) electrons. The number of nitrogens with zero attached hydrogens (tertiary/aromatic N) is 4. The maximum atomic E-state index is 14.2. The predicted octanol–water partition coefficient (Wildman–Crippen LogP) is 16.3. The van der Waals surface area contributed by atoms with Crippen LogP contribution >= 0.6 is 0 Å². The fraction of sp³-hybridized carbons (Fsp3) is 0.160. The zero-order chi connectivity index (χ0) is 68.0. The summed E-state index contributed by atoms with van der Waals surface area (Å²) in [5.41, 5.74) is 6.48. The Bertz CT molecular complexity index is 4950. The van der Waals surface area contributed by atoms with Crippen molar-refractivity contribution in [2.75, 3.05) is 19.6 Å². The third-order valence-corrected chi connectivity index (χ3v) is 19.2. The van der Waals surface area contributed by atoms with Crippen molar-refractivity contribution in [3.8, 4) is 28.7 Å². The second kappa shape index (κ2) is 23.8. The molecule has 0 saturated heterocycles. The number of aromatic hydroxyl groups is 1. The smallest absolute Gasteiger partial charge is 0.266 e. The molecule has 4 heterocycles. The molecule has 0 bridgehead atoms. The molecular weight excluding hydrogens is 1220 g/mol. The number of fused-ring (bicyclic) bond motifs is 4. The first-order chi connectivity index (χ1) is 46.5. The molecule has 2 atom stereocenters. The van der Waals surface area contributed by atoms with Gasteiger partial charge < -0.3 is 19.3 Å². The molecule has 1 N–H and O–H groups in total. The Labute approximate surface area is 559 Å². The fourth-order valence-corrected chi connectivity index (χ4v) is 13.5. The van der Waals surface area contributed by atoms with Crippen molar-refractivity contribution in [2.24, 2.45) is 0 Å². The zero-order valence-electron chi connectivity index (χ0n) is 54.1. The van der Waals surface area contributed by atoms with Crippen LogP contribution in [0.15, 0.2) is 224 Å². The van der Waals surface area contributed by atoms with Gasteiger partial charge in [-0.3, -0.25) is 38.4 Å². The highest BCUT2D eigenvalue weighted by molar-refractivity contribution is 6.38. The highest BCUT2D eigenvalue weighted by Gasteiger charge is 2.43. The summed E-state index contributed by atoms with van der Waals surface area (Å²) in [5.74, 6) is -2.31. The highest BCUT2D eigenvalue weighted by Crippen LogP contribution is 2.43. The molecule has 0 saturated carbocycles. The van der Waals surface area contributed by atoms with Crippen LogP contribution in [-0.4, -0.2) is 52.4 Å². The van der Waals surface area contributed by atoms with Crippen LogP contribution < -0.4 is 33.8 Å². The largest absolute Gasteiger partial charge is 0.508 e. The summed E-state index contributed by atoms with van der Waals surface area (Å²) in [6, 6.07) is 64.4. The number of ether oxygens (including phenoxy) is 3. The van der Waals surface area contributed by atoms with Crippen LogP contribution in [0.2, 0.25) is 0 Å². The van der Waals surface area contributed by atoms with E-state index in [4.69, 9.17) is 14.2 Å². The molecule has 10 aromatic carbocycles. The highest BCUT2D eigenvalue weighted by atomic mass is 16.5. The summed E-state index contributed by atoms with van der Waals surface area (Å²) in [6.45, 7) is 14.4. The summed E-state index contributed by atoms with van der Waals surface area (Å²) < 4.78 is 19.4. The first kappa shape index (κ1) is 62.4. The maximum Gasteiger partial charge on any atom is 0.266 e. The van der Waals surface area contributed by atoms with Gasteiger partial charge in [-0.15, -0.1) is 0 Å². The van der Waals surface area contributed by atoms with Crippen molar-refractivity contribution in [3.05, 3.63) is 302 Å². The number of phenolic OH excluding ortho intramolecular Hbond substituents is 1. The number of rotatable bonds is 18. The molecule has 0 aliphatic carbocycles. The third-order valence-electron chi connectivity index (χ3n) is 19.2. The minimum atomic E-state index is -0.837. The zero-order valence-corrected chi connectivity index (χ0v) is 54.1. The first-order valence-electron chi connectivity index (χ1n) is 31.9. The third kappa shape index (κ3) is 10.8. The van der Waals surface area contributed by atoms with E-state index in [0.29, 0.717) is 35.0 Å². The topological polar surface area (TPSA) is 197 Å². The molecule has 480 valence electrons. The second-order valence-electron chi connectivity index (χ2n) is 26.0. The van der Waals surface area contributed by atoms with Gasteiger partial charge in [-0.05, 0) is 187 Å². The van der Waals surface area contributed by atoms with Gasteiger partial charge in [-0.25, -0.2) is 19.6 Å². The van der Waals surface area contributed by atoms with Gasteiger partial charge in [0.1, 0.15) is 40.5 Å². The van der Waals surface area contributed by atoms with Gasteiger partial charge in [-0.1, -0.05) is 132 Å². The molecule has 2 unspecified atom stereocenters. The van der Waals surface area contributed by atoms with E-state index >= 15 is 0 Å². The number of imide groups is 4. The normalized spacial score (nSPS) is 15.2. The summed E-state index contributed by atoms with van der Waals surface area (Å²) >= 11 is 0. The average molecular weight is 1290 g/mol. The molecule has 16 heteroatoms. The Morgan fingerprint density at radius 1 is 0.351 bits per heavy atom. The van der Waals surface area contributed by atoms with Crippen molar-refractivity contribution in [1.82, 2.24) is 0 Å². The van der Waals surface area contributed by atoms with Crippen LogP contribution in [0.1, 0.15) is 184 Å². The van der Waals surface area contributed by atoms with E-state index < -0.39 is 64.4 Å². The Balaban J connectivity index is 0.612. The summed E-state index contributed by atoms with van der Waals surface area (Å²) in [6.07, 6.45) is 0.912.